The average Bonchev–Trinajstić information content (AvgIpc) is 2.98. The van der Waals surface area contributed by atoms with Crippen LogP contribution < -0.4 is 0 Å². The fourth-order valence-corrected chi connectivity index (χ4v) is 1.58. The lowest BCUT2D eigenvalue weighted by atomic mass is 10.3. The molecule has 0 aliphatic heterocycles. The highest BCUT2D eigenvalue weighted by molar-refractivity contribution is 5.80. The van der Waals surface area contributed by atoms with Gasteiger partial charge in [0.1, 0.15) is 0 Å². The Morgan fingerprint density at radius 1 is 1.35 bits per heavy atom. The molecule has 17 heavy (non-hydrogen) atoms. The molecule has 6 heteroatoms. The van der Waals surface area contributed by atoms with Gasteiger partial charge in [0.2, 0.25) is 0 Å². The molecule has 3 aromatic heterocycles. The van der Waals surface area contributed by atoms with Gasteiger partial charge in [-0.1, -0.05) is 0 Å². The Balaban J connectivity index is 0.000000329. The zero-order valence-electron chi connectivity index (χ0n) is 8.82. The van der Waals surface area contributed by atoms with Crippen LogP contribution >= 0.6 is 0 Å². The maximum absolute atomic E-state index is 8.36. The number of nitrogens with one attached hydrogen (secondary N) is 1. The van der Waals surface area contributed by atoms with E-state index in [0.717, 1.165) is 11.2 Å². The first-order valence-electron chi connectivity index (χ1n) is 4.85. The van der Waals surface area contributed by atoms with E-state index in [-0.39, 0.29) is 6.47 Å². The first-order chi connectivity index (χ1) is 8.36. The Labute approximate surface area is 96.5 Å². The van der Waals surface area contributed by atoms with Gasteiger partial charge in [-0.05, 0) is 12.1 Å². The first-order valence-corrected chi connectivity index (χ1v) is 4.85. The molecular formula is C11H10N4O2. The van der Waals surface area contributed by atoms with Gasteiger partial charge >= 0.3 is 0 Å². The Hall–Kier alpha value is -2.63. The number of pyridine rings is 1. The number of aromatic nitrogens is 4. The minimum Gasteiger partial charge on any atom is -0.483 e. The van der Waals surface area contributed by atoms with Crippen molar-refractivity contribution in [2.75, 3.05) is 0 Å². The van der Waals surface area contributed by atoms with Gasteiger partial charge in [0.15, 0.2) is 0 Å². The van der Waals surface area contributed by atoms with E-state index in [0.29, 0.717) is 0 Å². The molecule has 0 spiro atoms. The summed E-state index contributed by atoms with van der Waals surface area (Å²) in [5.74, 6) is 0. The fourth-order valence-electron chi connectivity index (χ4n) is 1.58. The lowest BCUT2D eigenvalue weighted by Crippen LogP contribution is -1.88. The molecule has 0 aliphatic rings. The average molecular weight is 230 g/mol. The monoisotopic (exact) mass is 230 g/mol. The summed E-state index contributed by atoms with van der Waals surface area (Å²) in [4.78, 5) is 12.5. The fraction of sp³-hybridized carbons (Fsp3) is 0. The molecule has 0 atom stereocenters. The van der Waals surface area contributed by atoms with E-state index in [9.17, 15) is 0 Å². The molecule has 0 amide bonds. The molecule has 0 unspecified atom stereocenters. The maximum atomic E-state index is 8.36. The molecule has 0 saturated carbocycles. The summed E-state index contributed by atoms with van der Waals surface area (Å²) in [6.07, 6.45) is 9.29. The second kappa shape index (κ2) is 4.93. The van der Waals surface area contributed by atoms with E-state index < -0.39 is 0 Å². The quantitative estimate of drug-likeness (QED) is 0.620. The summed E-state index contributed by atoms with van der Waals surface area (Å²) in [5.41, 5.74) is 2.11. The summed E-state index contributed by atoms with van der Waals surface area (Å²) in [6.45, 7) is -0.250. The maximum Gasteiger partial charge on any atom is 0.290 e. The van der Waals surface area contributed by atoms with E-state index in [1.165, 1.54) is 5.39 Å². The smallest absolute Gasteiger partial charge is 0.290 e. The van der Waals surface area contributed by atoms with Crippen molar-refractivity contribution in [1.29, 1.82) is 0 Å². The molecule has 0 aromatic carbocycles. The zero-order valence-corrected chi connectivity index (χ0v) is 8.82. The van der Waals surface area contributed by atoms with E-state index in [1.807, 2.05) is 29.2 Å². The minimum atomic E-state index is -0.250. The van der Waals surface area contributed by atoms with Crippen molar-refractivity contribution in [1.82, 2.24) is 19.7 Å². The SMILES string of the molecule is O=CO.c1cc2ccn(-c3cn[nH]c3)c2cn1. The molecule has 3 aromatic rings. The van der Waals surface area contributed by atoms with Crippen LogP contribution in [0.5, 0.6) is 0 Å². The predicted octanol–water partition coefficient (Wildman–Crippen LogP) is 1.45. The van der Waals surface area contributed by atoms with Gasteiger partial charge in [0.05, 0.1) is 23.6 Å². The molecule has 0 bridgehead atoms. The van der Waals surface area contributed by atoms with Gasteiger partial charge in [-0.25, -0.2) is 0 Å². The Morgan fingerprint density at radius 2 is 2.18 bits per heavy atom. The number of carboxylic acid groups (broad SMARTS) is 1. The summed E-state index contributed by atoms with van der Waals surface area (Å²) in [7, 11) is 0. The van der Waals surface area contributed by atoms with Crippen LogP contribution in [-0.2, 0) is 4.79 Å². The summed E-state index contributed by atoms with van der Waals surface area (Å²) < 4.78 is 2.05. The van der Waals surface area contributed by atoms with Gasteiger partial charge < -0.3 is 9.67 Å². The molecular weight excluding hydrogens is 220 g/mol. The van der Waals surface area contributed by atoms with Crippen LogP contribution in [0.25, 0.3) is 16.6 Å². The van der Waals surface area contributed by atoms with Crippen molar-refractivity contribution < 1.29 is 9.90 Å². The number of nitrogens with zero attached hydrogens (tertiary/aromatic N) is 3. The van der Waals surface area contributed by atoms with Crippen molar-refractivity contribution in [2.24, 2.45) is 0 Å². The largest absolute Gasteiger partial charge is 0.483 e. The third-order valence-corrected chi connectivity index (χ3v) is 2.26. The van der Waals surface area contributed by atoms with Crippen LogP contribution in [0.2, 0.25) is 0 Å². The normalized spacial score (nSPS) is 9.65. The van der Waals surface area contributed by atoms with Crippen LogP contribution in [0.1, 0.15) is 0 Å². The lowest BCUT2D eigenvalue weighted by Gasteiger charge is -1.99. The molecule has 2 N–H and O–H groups in total. The molecule has 0 aliphatic carbocycles. The Morgan fingerprint density at radius 3 is 2.88 bits per heavy atom. The van der Waals surface area contributed by atoms with E-state index in [2.05, 4.69) is 21.2 Å². The number of hydrogen-bond donors (Lipinski definition) is 2. The second-order valence-corrected chi connectivity index (χ2v) is 3.18. The Bertz CT molecular complexity index is 601. The third kappa shape index (κ3) is 2.15. The van der Waals surface area contributed by atoms with Crippen molar-refractivity contribution in [2.45, 2.75) is 0 Å². The van der Waals surface area contributed by atoms with Crippen molar-refractivity contribution in [3.05, 3.63) is 43.1 Å². The van der Waals surface area contributed by atoms with Crippen LogP contribution in [0.3, 0.4) is 0 Å². The molecule has 0 radical (unpaired) electrons. The number of fused-ring (bicyclic) bond motifs is 1. The van der Waals surface area contributed by atoms with Crippen LogP contribution in [0.4, 0.5) is 0 Å². The van der Waals surface area contributed by atoms with Crippen LogP contribution in [0, 0.1) is 0 Å². The molecule has 86 valence electrons. The Kier molecular flexibility index (Phi) is 3.15. The zero-order chi connectivity index (χ0) is 12.1. The number of aromatic amines is 1. The van der Waals surface area contributed by atoms with Crippen LogP contribution in [-0.4, -0.2) is 31.3 Å². The van der Waals surface area contributed by atoms with E-state index in [1.54, 1.807) is 12.4 Å². The number of hydrogen-bond acceptors (Lipinski definition) is 3. The van der Waals surface area contributed by atoms with Crippen molar-refractivity contribution in [3.63, 3.8) is 0 Å². The summed E-state index contributed by atoms with van der Waals surface area (Å²) in [6, 6.07) is 4.05. The van der Waals surface area contributed by atoms with Gasteiger partial charge in [-0.2, -0.15) is 5.10 Å². The predicted molar refractivity (Wildman–Crippen MR) is 61.9 cm³/mol. The molecule has 3 rings (SSSR count). The standard InChI is InChI=1S/C10H8N4.CH2O2/c1-3-11-7-10-8(1)2-4-14(10)9-5-12-13-6-9;2-1-3/h1-7H,(H,12,13);1H,(H,2,3). The van der Waals surface area contributed by atoms with Crippen molar-refractivity contribution >= 4 is 17.4 Å². The highest BCUT2D eigenvalue weighted by atomic mass is 16.3. The number of carbonyl (C=O) groups is 1. The molecule has 0 saturated heterocycles. The van der Waals surface area contributed by atoms with Crippen molar-refractivity contribution in [3.8, 4) is 5.69 Å². The number of H-pyrrole nitrogens is 1. The second-order valence-electron chi connectivity index (χ2n) is 3.18. The first kappa shape index (κ1) is 10.9. The van der Waals surface area contributed by atoms with Gasteiger partial charge in [-0.15, -0.1) is 0 Å². The highest BCUT2D eigenvalue weighted by Crippen LogP contribution is 2.17. The van der Waals surface area contributed by atoms with Crippen LogP contribution in [0.15, 0.2) is 43.1 Å². The molecule has 6 nitrogen and oxygen atoms in total. The van der Waals surface area contributed by atoms with E-state index >= 15 is 0 Å². The lowest BCUT2D eigenvalue weighted by molar-refractivity contribution is -0.122. The molecule has 0 fully saturated rings. The van der Waals surface area contributed by atoms with E-state index in [4.69, 9.17) is 9.90 Å². The van der Waals surface area contributed by atoms with Gasteiger partial charge in [0.25, 0.3) is 6.47 Å². The summed E-state index contributed by atoms with van der Waals surface area (Å²) >= 11 is 0. The molecule has 3 heterocycles. The minimum absolute atomic E-state index is 0.250. The van der Waals surface area contributed by atoms with Gasteiger partial charge in [0, 0.05) is 24.0 Å². The summed E-state index contributed by atoms with van der Waals surface area (Å²) in [5, 5.41) is 14.8. The highest BCUT2D eigenvalue weighted by Gasteiger charge is 2.02. The number of rotatable bonds is 1. The van der Waals surface area contributed by atoms with Gasteiger partial charge in [-0.3, -0.25) is 14.9 Å². The topological polar surface area (TPSA) is 83.8 Å². The third-order valence-electron chi connectivity index (χ3n) is 2.26.